The van der Waals surface area contributed by atoms with Gasteiger partial charge >= 0.3 is 5.69 Å². The summed E-state index contributed by atoms with van der Waals surface area (Å²) in [4.78, 5) is 12.1. The molecule has 0 aliphatic rings. The summed E-state index contributed by atoms with van der Waals surface area (Å²) in [7, 11) is 0. The average Bonchev–Trinajstić information content (AvgIpc) is 2.83. The Labute approximate surface area is 115 Å². The molecule has 1 unspecified atom stereocenters. The van der Waals surface area contributed by atoms with E-state index in [-0.39, 0.29) is 5.69 Å². The zero-order chi connectivity index (χ0) is 13.9. The van der Waals surface area contributed by atoms with Crippen LogP contribution in [0.25, 0.3) is 5.65 Å². The number of fused-ring (bicyclic) bond motifs is 1. The average molecular weight is 269 g/mol. The van der Waals surface area contributed by atoms with Gasteiger partial charge in [-0.2, -0.15) is 0 Å². The molecule has 5 heteroatoms. The Bertz CT molecular complexity index is 761. The summed E-state index contributed by atoms with van der Waals surface area (Å²) in [5.74, 6) is 0. The Balaban J connectivity index is 1.77. The molecule has 0 aliphatic carbocycles. The highest BCUT2D eigenvalue weighted by molar-refractivity contribution is 5.35. The van der Waals surface area contributed by atoms with Gasteiger partial charge in [0.25, 0.3) is 0 Å². The van der Waals surface area contributed by atoms with Gasteiger partial charge in [-0.25, -0.2) is 9.48 Å². The molecule has 3 rings (SSSR count). The van der Waals surface area contributed by atoms with E-state index < -0.39 is 6.10 Å². The first kappa shape index (κ1) is 12.6. The van der Waals surface area contributed by atoms with Gasteiger partial charge in [-0.3, -0.25) is 4.40 Å². The number of nitrogens with zero attached hydrogens (tertiary/aromatic N) is 3. The maximum Gasteiger partial charge on any atom is 0.350 e. The molecule has 102 valence electrons. The van der Waals surface area contributed by atoms with Crippen LogP contribution in [0.3, 0.4) is 0 Å². The highest BCUT2D eigenvalue weighted by Gasteiger charge is 2.10. The number of aliphatic hydroxyl groups is 1. The van der Waals surface area contributed by atoms with Crippen molar-refractivity contribution in [2.45, 2.75) is 19.1 Å². The van der Waals surface area contributed by atoms with E-state index in [2.05, 4.69) is 5.10 Å². The molecule has 1 N–H and O–H groups in total. The molecule has 0 radical (unpaired) electrons. The highest BCUT2D eigenvalue weighted by Crippen LogP contribution is 2.16. The van der Waals surface area contributed by atoms with E-state index >= 15 is 0 Å². The lowest BCUT2D eigenvalue weighted by molar-refractivity contribution is 0.159. The Hall–Kier alpha value is -2.40. The van der Waals surface area contributed by atoms with Crippen LogP contribution in [-0.4, -0.2) is 19.3 Å². The number of hydrogen-bond acceptors (Lipinski definition) is 3. The second-order valence-corrected chi connectivity index (χ2v) is 4.65. The van der Waals surface area contributed by atoms with Crippen LogP contribution in [-0.2, 0) is 6.54 Å². The fourth-order valence-electron chi connectivity index (χ4n) is 2.20. The van der Waals surface area contributed by atoms with Gasteiger partial charge in [0.15, 0.2) is 5.65 Å². The van der Waals surface area contributed by atoms with Gasteiger partial charge in [0, 0.05) is 12.7 Å². The minimum absolute atomic E-state index is 0.180. The van der Waals surface area contributed by atoms with E-state index in [1.165, 1.54) is 9.08 Å². The smallest absolute Gasteiger partial charge is 0.350 e. The molecule has 0 spiro atoms. The molecule has 0 fully saturated rings. The first-order valence-corrected chi connectivity index (χ1v) is 6.53. The number of aryl methyl sites for hydroxylation is 1. The summed E-state index contributed by atoms with van der Waals surface area (Å²) in [5, 5.41) is 14.3. The maximum atomic E-state index is 12.1. The van der Waals surface area contributed by atoms with Crippen molar-refractivity contribution < 1.29 is 5.11 Å². The van der Waals surface area contributed by atoms with Crippen LogP contribution >= 0.6 is 0 Å². The third-order valence-electron chi connectivity index (χ3n) is 3.29. The van der Waals surface area contributed by atoms with Gasteiger partial charge in [0.05, 0.1) is 6.10 Å². The minimum atomic E-state index is -0.590. The van der Waals surface area contributed by atoms with Crippen molar-refractivity contribution in [1.82, 2.24) is 14.2 Å². The molecule has 0 saturated carbocycles. The second-order valence-electron chi connectivity index (χ2n) is 4.65. The Morgan fingerprint density at radius 1 is 1.10 bits per heavy atom. The largest absolute Gasteiger partial charge is 0.388 e. The molecule has 1 atom stereocenters. The predicted molar refractivity (Wildman–Crippen MR) is 75.5 cm³/mol. The lowest BCUT2D eigenvalue weighted by Crippen LogP contribution is -2.22. The molecular weight excluding hydrogens is 254 g/mol. The summed E-state index contributed by atoms with van der Waals surface area (Å²) in [6.45, 7) is 0.385. The van der Waals surface area contributed by atoms with Crippen LogP contribution < -0.4 is 5.69 Å². The fraction of sp³-hybridized carbons (Fsp3) is 0.200. The number of rotatable bonds is 4. The first-order valence-electron chi connectivity index (χ1n) is 6.53. The standard InChI is InChI=1S/C15H15N3O2/c19-13(12-6-2-1-3-7-12)9-11-18-15(20)17-10-5-4-8-14(17)16-18/h1-8,10,13,19H,9,11H2. The molecule has 3 aromatic rings. The van der Waals surface area contributed by atoms with E-state index in [1.807, 2.05) is 36.4 Å². The van der Waals surface area contributed by atoms with Crippen molar-refractivity contribution in [3.63, 3.8) is 0 Å². The van der Waals surface area contributed by atoms with Crippen LogP contribution in [0.2, 0.25) is 0 Å². The Kier molecular flexibility index (Phi) is 3.35. The summed E-state index contributed by atoms with van der Waals surface area (Å²) in [5.41, 5.74) is 1.29. The minimum Gasteiger partial charge on any atom is -0.388 e. The van der Waals surface area contributed by atoms with Crippen LogP contribution in [0.4, 0.5) is 0 Å². The molecule has 20 heavy (non-hydrogen) atoms. The summed E-state index contributed by atoms with van der Waals surface area (Å²) >= 11 is 0. The fourth-order valence-corrected chi connectivity index (χ4v) is 2.20. The van der Waals surface area contributed by atoms with E-state index in [1.54, 1.807) is 18.3 Å². The summed E-state index contributed by atoms with van der Waals surface area (Å²) < 4.78 is 2.89. The van der Waals surface area contributed by atoms with Crippen molar-refractivity contribution >= 4 is 5.65 Å². The van der Waals surface area contributed by atoms with E-state index in [0.29, 0.717) is 18.6 Å². The molecule has 2 aromatic heterocycles. The zero-order valence-corrected chi connectivity index (χ0v) is 10.9. The van der Waals surface area contributed by atoms with E-state index in [9.17, 15) is 9.90 Å². The number of aliphatic hydroxyl groups excluding tert-OH is 1. The SMILES string of the molecule is O=c1n(CCC(O)c2ccccc2)nc2ccccn12. The molecular formula is C15H15N3O2. The van der Waals surface area contributed by atoms with Crippen molar-refractivity contribution in [2.24, 2.45) is 0 Å². The Morgan fingerprint density at radius 2 is 1.85 bits per heavy atom. The quantitative estimate of drug-likeness (QED) is 0.783. The molecule has 0 amide bonds. The number of aromatic nitrogens is 3. The summed E-state index contributed by atoms with van der Waals surface area (Å²) in [6.07, 6.45) is 1.55. The van der Waals surface area contributed by atoms with Crippen molar-refractivity contribution in [3.8, 4) is 0 Å². The van der Waals surface area contributed by atoms with Crippen LogP contribution in [0.1, 0.15) is 18.1 Å². The lowest BCUT2D eigenvalue weighted by atomic mass is 10.1. The van der Waals surface area contributed by atoms with Crippen LogP contribution in [0.15, 0.2) is 59.5 Å². The molecule has 0 aliphatic heterocycles. The number of hydrogen-bond donors (Lipinski definition) is 1. The normalized spacial score (nSPS) is 12.7. The van der Waals surface area contributed by atoms with E-state index in [0.717, 1.165) is 5.56 Å². The molecule has 2 heterocycles. The van der Waals surface area contributed by atoms with Crippen molar-refractivity contribution in [1.29, 1.82) is 0 Å². The molecule has 0 saturated heterocycles. The van der Waals surface area contributed by atoms with Crippen molar-refractivity contribution in [3.05, 3.63) is 70.8 Å². The van der Waals surface area contributed by atoms with Crippen LogP contribution in [0, 0.1) is 0 Å². The zero-order valence-electron chi connectivity index (χ0n) is 10.9. The summed E-state index contributed by atoms with van der Waals surface area (Å²) in [6, 6.07) is 14.8. The molecule has 5 nitrogen and oxygen atoms in total. The van der Waals surface area contributed by atoms with Gasteiger partial charge in [0.2, 0.25) is 0 Å². The predicted octanol–water partition coefficient (Wildman–Crippen LogP) is 1.62. The van der Waals surface area contributed by atoms with E-state index in [4.69, 9.17) is 0 Å². The van der Waals surface area contributed by atoms with Crippen LogP contribution in [0.5, 0.6) is 0 Å². The van der Waals surface area contributed by atoms with Gasteiger partial charge < -0.3 is 5.11 Å². The lowest BCUT2D eigenvalue weighted by Gasteiger charge is -2.09. The van der Waals surface area contributed by atoms with Gasteiger partial charge in [-0.1, -0.05) is 36.4 Å². The Morgan fingerprint density at radius 3 is 2.60 bits per heavy atom. The first-order chi connectivity index (χ1) is 9.75. The maximum absolute atomic E-state index is 12.1. The monoisotopic (exact) mass is 269 g/mol. The topological polar surface area (TPSA) is 59.5 Å². The number of benzene rings is 1. The highest BCUT2D eigenvalue weighted by atomic mass is 16.3. The molecule has 1 aromatic carbocycles. The third kappa shape index (κ3) is 2.35. The number of pyridine rings is 1. The van der Waals surface area contributed by atoms with Gasteiger partial charge in [-0.15, -0.1) is 5.10 Å². The second kappa shape index (κ2) is 5.30. The van der Waals surface area contributed by atoms with Gasteiger partial charge in [-0.05, 0) is 24.1 Å². The van der Waals surface area contributed by atoms with Crippen molar-refractivity contribution in [2.75, 3.05) is 0 Å². The van der Waals surface area contributed by atoms with Gasteiger partial charge in [0.1, 0.15) is 0 Å². The third-order valence-corrected chi connectivity index (χ3v) is 3.29. The molecule has 0 bridgehead atoms.